The first-order valence-corrected chi connectivity index (χ1v) is 8.66. The van der Waals surface area contributed by atoms with Crippen molar-refractivity contribution < 1.29 is 9.59 Å². The molecule has 1 fully saturated rings. The molecular formula is C16H20N4O2S. The monoisotopic (exact) mass is 332 g/mol. The van der Waals surface area contributed by atoms with Gasteiger partial charge in [-0.2, -0.15) is 0 Å². The first kappa shape index (κ1) is 15.9. The van der Waals surface area contributed by atoms with E-state index in [9.17, 15) is 9.59 Å². The summed E-state index contributed by atoms with van der Waals surface area (Å²) in [6.45, 7) is 4.68. The Morgan fingerprint density at radius 3 is 3.22 bits per heavy atom. The lowest BCUT2D eigenvalue weighted by Crippen LogP contribution is -2.56. The van der Waals surface area contributed by atoms with Gasteiger partial charge >= 0.3 is 0 Å². The van der Waals surface area contributed by atoms with E-state index in [4.69, 9.17) is 0 Å². The van der Waals surface area contributed by atoms with Crippen LogP contribution in [0.15, 0.2) is 23.7 Å². The number of carbonyl (C=O) groups is 2. The second kappa shape index (κ2) is 7.06. The van der Waals surface area contributed by atoms with Gasteiger partial charge in [0.05, 0.1) is 28.2 Å². The van der Waals surface area contributed by atoms with Crippen LogP contribution >= 0.6 is 11.3 Å². The Labute approximate surface area is 138 Å². The molecule has 1 aromatic heterocycles. The molecule has 0 aliphatic carbocycles. The van der Waals surface area contributed by atoms with Crippen LogP contribution in [0.5, 0.6) is 0 Å². The summed E-state index contributed by atoms with van der Waals surface area (Å²) in [6.07, 6.45) is 0.193. The van der Waals surface area contributed by atoms with Gasteiger partial charge < -0.3 is 10.6 Å². The number of thiazole rings is 1. The van der Waals surface area contributed by atoms with Crippen LogP contribution < -0.4 is 10.6 Å². The molecule has 1 saturated heterocycles. The van der Waals surface area contributed by atoms with Gasteiger partial charge in [-0.05, 0) is 18.2 Å². The van der Waals surface area contributed by atoms with E-state index in [0.717, 1.165) is 28.9 Å². The molecule has 3 rings (SSSR count). The van der Waals surface area contributed by atoms with Gasteiger partial charge in [0.15, 0.2) is 0 Å². The molecule has 7 heteroatoms. The maximum absolute atomic E-state index is 12.2. The Morgan fingerprint density at radius 2 is 2.39 bits per heavy atom. The fourth-order valence-electron chi connectivity index (χ4n) is 2.89. The molecule has 2 aromatic rings. The SMILES string of the molecule is CCN1CCNC(=O)C1CC(=O)NCc1cccc2ncsc12. The number of aromatic nitrogens is 1. The van der Waals surface area contributed by atoms with Crippen molar-refractivity contribution in [3.05, 3.63) is 29.3 Å². The zero-order valence-corrected chi connectivity index (χ0v) is 13.9. The second-order valence-corrected chi connectivity index (χ2v) is 6.39. The smallest absolute Gasteiger partial charge is 0.237 e. The topological polar surface area (TPSA) is 74.3 Å². The summed E-state index contributed by atoms with van der Waals surface area (Å²) >= 11 is 1.57. The number of piperazine rings is 1. The Kier molecular flexibility index (Phi) is 4.88. The molecule has 122 valence electrons. The van der Waals surface area contributed by atoms with E-state index in [0.29, 0.717) is 13.1 Å². The zero-order chi connectivity index (χ0) is 16.2. The van der Waals surface area contributed by atoms with Gasteiger partial charge in [-0.1, -0.05) is 19.1 Å². The molecule has 1 atom stereocenters. The number of likely N-dealkylation sites (N-methyl/N-ethyl adjacent to an activating group) is 1. The van der Waals surface area contributed by atoms with Crippen LogP contribution in [0, 0.1) is 0 Å². The number of nitrogens with zero attached hydrogens (tertiary/aromatic N) is 2. The largest absolute Gasteiger partial charge is 0.353 e. The van der Waals surface area contributed by atoms with E-state index >= 15 is 0 Å². The van der Waals surface area contributed by atoms with Gasteiger partial charge in [-0.15, -0.1) is 11.3 Å². The standard InChI is InChI=1S/C16H20N4O2S/c1-2-20-7-6-17-16(22)13(20)8-14(21)18-9-11-4-3-5-12-15(11)23-10-19-12/h3-5,10,13H,2,6-9H2,1H3,(H,17,22)(H,18,21). The summed E-state index contributed by atoms with van der Waals surface area (Å²) in [7, 11) is 0. The third-order valence-corrected chi connectivity index (χ3v) is 5.06. The number of hydrogen-bond donors (Lipinski definition) is 2. The molecule has 1 aliphatic heterocycles. The molecule has 0 saturated carbocycles. The van der Waals surface area contributed by atoms with Gasteiger partial charge in [-0.3, -0.25) is 14.5 Å². The van der Waals surface area contributed by atoms with Crippen LogP contribution in [0.25, 0.3) is 10.2 Å². The molecule has 23 heavy (non-hydrogen) atoms. The fourth-order valence-corrected chi connectivity index (χ4v) is 3.69. The van der Waals surface area contributed by atoms with Crippen molar-refractivity contribution in [1.82, 2.24) is 20.5 Å². The van der Waals surface area contributed by atoms with Gasteiger partial charge in [0.1, 0.15) is 0 Å². The molecular weight excluding hydrogens is 312 g/mol. The molecule has 0 spiro atoms. The lowest BCUT2D eigenvalue weighted by molar-refractivity contribution is -0.133. The van der Waals surface area contributed by atoms with E-state index < -0.39 is 0 Å². The molecule has 2 heterocycles. The van der Waals surface area contributed by atoms with Gasteiger partial charge in [-0.25, -0.2) is 4.98 Å². The van der Waals surface area contributed by atoms with Crippen molar-refractivity contribution in [3.8, 4) is 0 Å². The molecule has 2 amide bonds. The van der Waals surface area contributed by atoms with Crippen LogP contribution in [0.3, 0.4) is 0 Å². The zero-order valence-electron chi connectivity index (χ0n) is 13.0. The van der Waals surface area contributed by atoms with E-state index in [1.807, 2.05) is 35.5 Å². The predicted octanol–water partition coefficient (Wildman–Crippen LogP) is 1.12. The normalized spacial score (nSPS) is 18.8. The maximum atomic E-state index is 12.2. The number of nitrogens with one attached hydrogen (secondary N) is 2. The summed E-state index contributed by atoms with van der Waals surface area (Å²) < 4.78 is 1.10. The van der Waals surface area contributed by atoms with Crippen molar-refractivity contribution >= 4 is 33.4 Å². The molecule has 2 N–H and O–H groups in total. The summed E-state index contributed by atoms with van der Waals surface area (Å²) in [5, 5.41) is 5.76. The summed E-state index contributed by atoms with van der Waals surface area (Å²) in [4.78, 5) is 30.5. The molecule has 6 nitrogen and oxygen atoms in total. The quantitative estimate of drug-likeness (QED) is 0.860. The van der Waals surface area contributed by atoms with Crippen LogP contribution in [0.2, 0.25) is 0 Å². The first-order valence-electron chi connectivity index (χ1n) is 7.78. The Bertz CT molecular complexity index is 715. The third-order valence-electron chi connectivity index (χ3n) is 4.14. The van der Waals surface area contributed by atoms with Crippen LogP contribution in [-0.4, -0.2) is 47.4 Å². The van der Waals surface area contributed by atoms with Gasteiger partial charge in [0.25, 0.3) is 0 Å². The fraction of sp³-hybridized carbons (Fsp3) is 0.438. The number of hydrogen-bond acceptors (Lipinski definition) is 5. The predicted molar refractivity (Wildman–Crippen MR) is 90.1 cm³/mol. The summed E-state index contributed by atoms with van der Waals surface area (Å²) in [6, 6.07) is 5.53. The molecule has 1 aliphatic rings. The molecule has 1 aromatic carbocycles. The maximum Gasteiger partial charge on any atom is 0.237 e. The minimum atomic E-state index is -0.368. The van der Waals surface area contributed by atoms with E-state index in [-0.39, 0.29) is 24.3 Å². The Morgan fingerprint density at radius 1 is 1.52 bits per heavy atom. The van der Waals surface area contributed by atoms with Crippen molar-refractivity contribution in [1.29, 1.82) is 0 Å². The van der Waals surface area contributed by atoms with E-state index in [2.05, 4.69) is 15.6 Å². The van der Waals surface area contributed by atoms with Crippen molar-refractivity contribution in [2.24, 2.45) is 0 Å². The third kappa shape index (κ3) is 3.51. The molecule has 0 bridgehead atoms. The van der Waals surface area contributed by atoms with E-state index in [1.165, 1.54) is 0 Å². The van der Waals surface area contributed by atoms with E-state index in [1.54, 1.807) is 11.3 Å². The molecule has 0 radical (unpaired) electrons. The number of rotatable bonds is 5. The lowest BCUT2D eigenvalue weighted by atomic mass is 10.1. The van der Waals surface area contributed by atoms with Crippen molar-refractivity contribution in [3.63, 3.8) is 0 Å². The summed E-state index contributed by atoms with van der Waals surface area (Å²) in [5.74, 6) is -0.162. The minimum Gasteiger partial charge on any atom is -0.353 e. The number of amides is 2. The van der Waals surface area contributed by atoms with Crippen molar-refractivity contribution in [2.75, 3.05) is 19.6 Å². The van der Waals surface area contributed by atoms with Crippen LogP contribution in [0.4, 0.5) is 0 Å². The average molecular weight is 332 g/mol. The van der Waals surface area contributed by atoms with Gasteiger partial charge in [0.2, 0.25) is 11.8 Å². The highest BCUT2D eigenvalue weighted by Gasteiger charge is 2.30. The highest BCUT2D eigenvalue weighted by Crippen LogP contribution is 2.22. The van der Waals surface area contributed by atoms with Crippen LogP contribution in [0.1, 0.15) is 18.9 Å². The highest BCUT2D eigenvalue weighted by molar-refractivity contribution is 7.16. The minimum absolute atomic E-state index is 0.0576. The van der Waals surface area contributed by atoms with Crippen molar-refractivity contribution in [2.45, 2.75) is 25.9 Å². The lowest BCUT2D eigenvalue weighted by Gasteiger charge is -2.33. The van der Waals surface area contributed by atoms with Crippen LogP contribution in [-0.2, 0) is 16.1 Å². The second-order valence-electron chi connectivity index (χ2n) is 5.53. The highest BCUT2D eigenvalue weighted by atomic mass is 32.1. The van der Waals surface area contributed by atoms with Gasteiger partial charge in [0, 0.05) is 19.6 Å². The number of fused-ring (bicyclic) bond motifs is 1. The first-order chi connectivity index (χ1) is 11.2. The number of carbonyl (C=O) groups excluding carboxylic acids is 2. The molecule has 1 unspecified atom stereocenters. The summed E-state index contributed by atoms with van der Waals surface area (Å²) in [5.41, 5.74) is 3.81. The Balaban J connectivity index is 1.61. The Hall–Kier alpha value is -1.99. The average Bonchev–Trinajstić information content (AvgIpc) is 3.04. The number of benzene rings is 1.